The summed E-state index contributed by atoms with van der Waals surface area (Å²) in [5.41, 5.74) is 3.57. The molecule has 0 radical (unpaired) electrons. The maximum atomic E-state index is 8.85. The average molecular weight is 297 g/mol. The summed E-state index contributed by atoms with van der Waals surface area (Å²) in [5.74, 6) is 0. The number of hydrazone groups is 1. The lowest BCUT2D eigenvalue weighted by atomic mass is 10.2. The largest absolute Gasteiger partial charge is 0.234 e. The minimum Gasteiger partial charge on any atom is -0.234 e. The highest BCUT2D eigenvalue weighted by Gasteiger charge is 2.06. The Hall–Kier alpha value is -3.38. The maximum absolute atomic E-state index is 8.85. The second-order valence-electron chi connectivity index (χ2n) is 4.96. The lowest BCUT2D eigenvalue weighted by molar-refractivity contribution is 1.09. The van der Waals surface area contributed by atoms with Crippen LogP contribution in [0.25, 0.3) is 0 Å². The van der Waals surface area contributed by atoms with Crippen molar-refractivity contribution in [2.24, 2.45) is 5.10 Å². The third kappa shape index (κ3) is 3.63. The van der Waals surface area contributed by atoms with Crippen LogP contribution in [-0.2, 0) is 0 Å². The Morgan fingerprint density at radius 2 is 1.26 bits per heavy atom. The Balaban J connectivity index is 1.93. The Bertz CT molecular complexity index is 777. The highest BCUT2D eigenvalue weighted by atomic mass is 15.5. The summed E-state index contributed by atoms with van der Waals surface area (Å²) in [7, 11) is 0. The molecule has 0 aliphatic carbocycles. The van der Waals surface area contributed by atoms with Crippen LogP contribution in [0.15, 0.2) is 90.0 Å². The van der Waals surface area contributed by atoms with E-state index in [0.29, 0.717) is 5.56 Å². The fourth-order valence-electron chi connectivity index (χ4n) is 2.19. The Labute approximate surface area is 135 Å². The molecular weight excluding hydrogens is 282 g/mol. The van der Waals surface area contributed by atoms with Crippen molar-refractivity contribution >= 4 is 17.6 Å². The molecule has 0 aliphatic heterocycles. The van der Waals surface area contributed by atoms with Gasteiger partial charge in [-0.25, -0.2) is 5.01 Å². The zero-order chi connectivity index (χ0) is 15.9. The number of hydrogen-bond donors (Lipinski definition) is 0. The number of nitriles is 1. The molecule has 0 atom stereocenters. The van der Waals surface area contributed by atoms with Gasteiger partial charge in [-0.3, -0.25) is 0 Å². The summed E-state index contributed by atoms with van der Waals surface area (Å²) in [6, 6.07) is 29.5. The summed E-state index contributed by atoms with van der Waals surface area (Å²) in [6.45, 7) is 0. The molecule has 0 aliphatic rings. The molecule has 0 spiro atoms. The molecule has 0 aromatic heterocycles. The van der Waals surface area contributed by atoms with Crippen molar-refractivity contribution in [2.75, 3.05) is 5.01 Å². The molecule has 0 N–H and O–H groups in total. The number of benzene rings is 3. The van der Waals surface area contributed by atoms with E-state index in [4.69, 9.17) is 5.26 Å². The van der Waals surface area contributed by atoms with Gasteiger partial charge < -0.3 is 0 Å². The summed E-state index contributed by atoms with van der Waals surface area (Å²) in [6.07, 6.45) is 1.79. The molecule has 23 heavy (non-hydrogen) atoms. The first-order chi connectivity index (χ1) is 11.4. The number of anilines is 2. The zero-order valence-electron chi connectivity index (χ0n) is 12.5. The minimum atomic E-state index is 0.644. The molecule has 0 amide bonds. The van der Waals surface area contributed by atoms with E-state index in [1.165, 1.54) is 0 Å². The van der Waals surface area contributed by atoms with E-state index in [1.807, 2.05) is 77.8 Å². The molecule has 110 valence electrons. The molecule has 0 heterocycles. The second kappa shape index (κ2) is 7.06. The van der Waals surface area contributed by atoms with Gasteiger partial charge >= 0.3 is 0 Å². The third-order valence-corrected chi connectivity index (χ3v) is 3.36. The van der Waals surface area contributed by atoms with E-state index in [0.717, 1.165) is 16.9 Å². The van der Waals surface area contributed by atoms with Gasteiger partial charge in [0.25, 0.3) is 0 Å². The molecule has 0 bridgehead atoms. The predicted molar refractivity (Wildman–Crippen MR) is 93.8 cm³/mol. The number of hydrogen-bond acceptors (Lipinski definition) is 3. The van der Waals surface area contributed by atoms with Gasteiger partial charge in [0.05, 0.1) is 29.2 Å². The van der Waals surface area contributed by atoms with Crippen LogP contribution in [0.1, 0.15) is 11.1 Å². The van der Waals surface area contributed by atoms with E-state index < -0.39 is 0 Å². The molecule has 3 rings (SSSR count). The van der Waals surface area contributed by atoms with E-state index >= 15 is 0 Å². The maximum Gasteiger partial charge on any atom is 0.0991 e. The lowest BCUT2D eigenvalue weighted by Gasteiger charge is -2.19. The first-order valence-corrected chi connectivity index (χ1v) is 7.31. The second-order valence-corrected chi connectivity index (χ2v) is 4.96. The van der Waals surface area contributed by atoms with Crippen molar-refractivity contribution in [1.82, 2.24) is 0 Å². The van der Waals surface area contributed by atoms with Crippen molar-refractivity contribution in [2.45, 2.75) is 0 Å². The first-order valence-electron chi connectivity index (χ1n) is 7.31. The SMILES string of the molecule is N#Cc1ccc(/C=N\N(c2ccccc2)c2ccccc2)cc1. The molecule has 3 heteroatoms. The molecule has 0 unspecified atom stereocenters. The summed E-state index contributed by atoms with van der Waals surface area (Å²) < 4.78 is 0. The summed E-state index contributed by atoms with van der Waals surface area (Å²) >= 11 is 0. The van der Waals surface area contributed by atoms with Gasteiger partial charge in [0.15, 0.2) is 0 Å². The molecule has 0 saturated heterocycles. The van der Waals surface area contributed by atoms with Gasteiger partial charge in [0, 0.05) is 0 Å². The van der Waals surface area contributed by atoms with Crippen LogP contribution in [0.5, 0.6) is 0 Å². The van der Waals surface area contributed by atoms with Crippen LogP contribution in [-0.4, -0.2) is 6.21 Å². The fraction of sp³-hybridized carbons (Fsp3) is 0. The highest BCUT2D eigenvalue weighted by molar-refractivity contribution is 5.81. The zero-order valence-corrected chi connectivity index (χ0v) is 12.5. The van der Waals surface area contributed by atoms with E-state index in [2.05, 4.69) is 11.2 Å². The highest BCUT2D eigenvalue weighted by Crippen LogP contribution is 2.25. The van der Waals surface area contributed by atoms with Crippen molar-refractivity contribution in [3.8, 4) is 6.07 Å². The summed E-state index contributed by atoms with van der Waals surface area (Å²) in [4.78, 5) is 0. The number of rotatable bonds is 4. The van der Waals surface area contributed by atoms with Crippen molar-refractivity contribution in [3.05, 3.63) is 96.1 Å². The van der Waals surface area contributed by atoms with Gasteiger partial charge in [0.2, 0.25) is 0 Å². The van der Waals surface area contributed by atoms with Crippen molar-refractivity contribution in [1.29, 1.82) is 5.26 Å². The number of para-hydroxylation sites is 2. The van der Waals surface area contributed by atoms with Gasteiger partial charge in [-0.15, -0.1) is 0 Å². The number of nitrogens with zero attached hydrogens (tertiary/aromatic N) is 3. The molecule has 3 aromatic rings. The van der Waals surface area contributed by atoms with Gasteiger partial charge in [-0.05, 0) is 42.0 Å². The van der Waals surface area contributed by atoms with Crippen LogP contribution in [0.4, 0.5) is 11.4 Å². The fourth-order valence-corrected chi connectivity index (χ4v) is 2.19. The van der Waals surface area contributed by atoms with Crippen LogP contribution in [0.2, 0.25) is 0 Å². The smallest absolute Gasteiger partial charge is 0.0991 e. The third-order valence-electron chi connectivity index (χ3n) is 3.36. The van der Waals surface area contributed by atoms with E-state index in [-0.39, 0.29) is 0 Å². The van der Waals surface area contributed by atoms with Crippen LogP contribution >= 0.6 is 0 Å². The lowest BCUT2D eigenvalue weighted by Crippen LogP contribution is -2.09. The topological polar surface area (TPSA) is 39.4 Å². The van der Waals surface area contributed by atoms with Gasteiger partial charge in [0.1, 0.15) is 0 Å². The molecule has 3 nitrogen and oxygen atoms in total. The molecule has 0 fully saturated rings. The molecular formula is C20H15N3. The van der Waals surface area contributed by atoms with Crippen molar-refractivity contribution in [3.63, 3.8) is 0 Å². The van der Waals surface area contributed by atoms with E-state index in [1.54, 1.807) is 18.3 Å². The van der Waals surface area contributed by atoms with Crippen molar-refractivity contribution < 1.29 is 0 Å². The molecule has 0 saturated carbocycles. The Morgan fingerprint density at radius 3 is 1.74 bits per heavy atom. The van der Waals surface area contributed by atoms with Gasteiger partial charge in [-0.2, -0.15) is 10.4 Å². The summed E-state index contributed by atoms with van der Waals surface area (Å²) in [5, 5.41) is 15.4. The molecule has 3 aromatic carbocycles. The first kappa shape index (κ1) is 14.6. The average Bonchev–Trinajstić information content (AvgIpc) is 2.64. The monoisotopic (exact) mass is 297 g/mol. The van der Waals surface area contributed by atoms with Crippen LogP contribution in [0.3, 0.4) is 0 Å². The van der Waals surface area contributed by atoms with Gasteiger partial charge in [-0.1, -0.05) is 48.5 Å². The Morgan fingerprint density at radius 1 is 0.739 bits per heavy atom. The normalized spacial score (nSPS) is 10.4. The predicted octanol–water partition coefficient (Wildman–Crippen LogP) is 4.73. The standard InChI is InChI=1S/C20H15N3/c21-15-17-11-13-18(14-12-17)16-22-23(19-7-3-1-4-8-19)20-9-5-2-6-10-20/h1-14,16H/b22-16-. The van der Waals surface area contributed by atoms with Crippen LogP contribution in [0, 0.1) is 11.3 Å². The van der Waals surface area contributed by atoms with Crippen LogP contribution < -0.4 is 5.01 Å². The van der Waals surface area contributed by atoms with E-state index in [9.17, 15) is 0 Å². The minimum absolute atomic E-state index is 0.644. The quantitative estimate of drug-likeness (QED) is 0.516. The Kier molecular flexibility index (Phi) is 4.47.